The van der Waals surface area contributed by atoms with Gasteiger partial charge in [0.15, 0.2) is 0 Å². The predicted octanol–water partition coefficient (Wildman–Crippen LogP) is 4.19. The number of hydrogen-bond acceptors (Lipinski definition) is 5. The molecule has 1 unspecified atom stereocenters. The van der Waals surface area contributed by atoms with Crippen molar-refractivity contribution in [1.82, 2.24) is 10.3 Å². The highest BCUT2D eigenvalue weighted by molar-refractivity contribution is 7.92. The predicted molar refractivity (Wildman–Crippen MR) is 125 cm³/mol. The van der Waals surface area contributed by atoms with Crippen molar-refractivity contribution in [2.24, 2.45) is 0 Å². The maximum absolute atomic E-state index is 13.2. The average Bonchev–Trinajstić information content (AvgIpc) is 2.77. The fourth-order valence-corrected chi connectivity index (χ4v) is 4.54. The lowest BCUT2D eigenvalue weighted by atomic mass is 9.97. The minimum absolute atomic E-state index is 0.0485. The first-order valence-electron chi connectivity index (χ1n) is 11.0. The van der Waals surface area contributed by atoms with E-state index in [0.717, 1.165) is 31.6 Å². The van der Waals surface area contributed by atoms with Crippen LogP contribution >= 0.6 is 0 Å². The Bertz CT molecular complexity index is 1150. The van der Waals surface area contributed by atoms with E-state index in [4.69, 9.17) is 0 Å². The van der Waals surface area contributed by atoms with Crippen molar-refractivity contribution < 1.29 is 26.4 Å². The fourth-order valence-electron chi connectivity index (χ4n) is 3.91. The molecule has 1 aliphatic heterocycles. The molecule has 0 saturated carbocycles. The van der Waals surface area contributed by atoms with Gasteiger partial charge in [0.05, 0.1) is 17.9 Å². The highest BCUT2D eigenvalue weighted by Crippen LogP contribution is 2.32. The number of sulfonamides is 1. The van der Waals surface area contributed by atoms with E-state index in [0.29, 0.717) is 35.5 Å². The van der Waals surface area contributed by atoms with Crippen molar-refractivity contribution in [2.45, 2.75) is 51.7 Å². The van der Waals surface area contributed by atoms with Crippen molar-refractivity contribution in [3.63, 3.8) is 0 Å². The Morgan fingerprint density at radius 1 is 1.15 bits per heavy atom. The Morgan fingerprint density at radius 3 is 2.41 bits per heavy atom. The van der Waals surface area contributed by atoms with Crippen LogP contribution in [0.1, 0.15) is 54.5 Å². The van der Waals surface area contributed by atoms with Gasteiger partial charge in [0.2, 0.25) is 15.9 Å². The van der Waals surface area contributed by atoms with Crippen LogP contribution in [0.15, 0.2) is 30.3 Å². The molecule has 2 N–H and O–H groups in total. The van der Waals surface area contributed by atoms with E-state index in [1.807, 2.05) is 4.90 Å². The Balaban J connectivity index is 1.75. The van der Waals surface area contributed by atoms with E-state index in [1.54, 1.807) is 32.0 Å². The Kier molecular flexibility index (Phi) is 7.74. The number of benzene rings is 1. The third-order valence-electron chi connectivity index (χ3n) is 5.79. The molecular formula is C23H29F3N4O3S. The topological polar surface area (TPSA) is 91.4 Å². The van der Waals surface area contributed by atoms with Gasteiger partial charge in [-0.15, -0.1) is 0 Å². The van der Waals surface area contributed by atoms with Gasteiger partial charge < -0.3 is 10.2 Å². The Morgan fingerprint density at radius 2 is 1.82 bits per heavy atom. The quantitative estimate of drug-likeness (QED) is 0.597. The van der Waals surface area contributed by atoms with Gasteiger partial charge in [-0.3, -0.25) is 9.52 Å². The molecule has 2 heterocycles. The molecule has 11 heteroatoms. The molecule has 1 aromatic carbocycles. The van der Waals surface area contributed by atoms with Crippen LogP contribution in [0.4, 0.5) is 24.7 Å². The molecule has 1 aromatic heterocycles. The molecule has 3 rings (SSSR count). The molecule has 1 saturated heterocycles. The summed E-state index contributed by atoms with van der Waals surface area (Å²) in [5.41, 5.74) is 1.37. The number of halogens is 3. The summed E-state index contributed by atoms with van der Waals surface area (Å²) in [5, 5.41) is 2.81. The Labute approximate surface area is 197 Å². The number of carbonyl (C=O) groups is 1. The minimum Gasteiger partial charge on any atom is -0.356 e. The smallest absolute Gasteiger partial charge is 0.356 e. The van der Waals surface area contributed by atoms with E-state index in [1.165, 1.54) is 6.07 Å². The first kappa shape index (κ1) is 25.8. The second kappa shape index (κ2) is 10.2. The second-order valence-corrected chi connectivity index (χ2v) is 10.4. The standard InChI is InChI=1S/C23H29F3N4O3S/c1-15-13-17(7-9-19(15)29-34(3,32)33)16(2)22(31)27-14-18-8-10-20(23(24,25)26)28-21(18)30-11-5-4-6-12-30/h7-10,13,16,29H,4-6,11-12,14H2,1-3H3,(H,27,31). The number of aromatic nitrogens is 1. The zero-order valence-electron chi connectivity index (χ0n) is 19.4. The van der Waals surface area contributed by atoms with E-state index >= 15 is 0 Å². The molecule has 0 aliphatic carbocycles. The molecule has 0 radical (unpaired) electrons. The van der Waals surface area contributed by atoms with Crippen LogP contribution in [0.2, 0.25) is 0 Å². The van der Waals surface area contributed by atoms with Gasteiger partial charge in [0.25, 0.3) is 0 Å². The zero-order valence-corrected chi connectivity index (χ0v) is 20.2. The summed E-state index contributed by atoms with van der Waals surface area (Å²) in [7, 11) is -3.42. The van der Waals surface area contributed by atoms with Crippen LogP contribution in [0.3, 0.4) is 0 Å². The van der Waals surface area contributed by atoms with Crippen LogP contribution in [-0.4, -0.2) is 38.7 Å². The lowest BCUT2D eigenvalue weighted by Crippen LogP contribution is -2.33. The van der Waals surface area contributed by atoms with Crippen molar-refractivity contribution >= 4 is 27.4 Å². The number of piperidine rings is 1. The molecule has 34 heavy (non-hydrogen) atoms. The molecule has 0 spiro atoms. The summed E-state index contributed by atoms with van der Waals surface area (Å²) >= 11 is 0. The van der Waals surface area contributed by atoms with Crippen LogP contribution in [-0.2, 0) is 27.5 Å². The van der Waals surface area contributed by atoms with Gasteiger partial charge in [-0.25, -0.2) is 13.4 Å². The van der Waals surface area contributed by atoms with Crippen LogP contribution < -0.4 is 14.9 Å². The number of aryl methyl sites for hydroxylation is 1. The van der Waals surface area contributed by atoms with Gasteiger partial charge >= 0.3 is 6.18 Å². The number of hydrogen-bond donors (Lipinski definition) is 2. The van der Waals surface area contributed by atoms with Crippen LogP contribution in [0.5, 0.6) is 0 Å². The largest absolute Gasteiger partial charge is 0.433 e. The van der Waals surface area contributed by atoms with Gasteiger partial charge in [-0.1, -0.05) is 18.2 Å². The monoisotopic (exact) mass is 498 g/mol. The summed E-state index contributed by atoms with van der Waals surface area (Å²) in [5.74, 6) is -0.589. The molecule has 2 aromatic rings. The maximum Gasteiger partial charge on any atom is 0.433 e. The number of anilines is 2. The highest BCUT2D eigenvalue weighted by Gasteiger charge is 2.34. The molecular weight excluding hydrogens is 469 g/mol. The Hall–Kier alpha value is -2.82. The van der Waals surface area contributed by atoms with Crippen molar-refractivity contribution in [3.8, 4) is 0 Å². The summed E-state index contributed by atoms with van der Waals surface area (Å²) in [6, 6.07) is 7.32. The highest BCUT2D eigenvalue weighted by atomic mass is 32.2. The molecule has 186 valence electrons. The number of rotatable bonds is 7. The number of nitrogens with zero attached hydrogens (tertiary/aromatic N) is 2. The third-order valence-corrected chi connectivity index (χ3v) is 6.38. The van der Waals surface area contributed by atoms with E-state index in [2.05, 4.69) is 15.0 Å². The number of amides is 1. The van der Waals surface area contributed by atoms with Gasteiger partial charge in [0, 0.05) is 25.2 Å². The number of pyridine rings is 1. The van der Waals surface area contributed by atoms with Crippen molar-refractivity contribution in [1.29, 1.82) is 0 Å². The maximum atomic E-state index is 13.2. The molecule has 1 fully saturated rings. The summed E-state index contributed by atoms with van der Waals surface area (Å²) < 4.78 is 65.1. The third kappa shape index (κ3) is 6.62. The van der Waals surface area contributed by atoms with Crippen molar-refractivity contribution in [3.05, 3.63) is 52.7 Å². The zero-order chi connectivity index (χ0) is 25.1. The molecule has 7 nitrogen and oxygen atoms in total. The van der Waals surface area contributed by atoms with Gasteiger partial charge in [0.1, 0.15) is 11.5 Å². The average molecular weight is 499 g/mol. The summed E-state index contributed by atoms with van der Waals surface area (Å²) in [6.07, 6.45) is -0.701. The molecule has 1 aliphatic rings. The van der Waals surface area contributed by atoms with Gasteiger partial charge in [-0.2, -0.15) is 13.2 Å². The minimum atomic E-state index is -4.54. The van der Waals surface area contributed by atoms with E-state index < -0.39 is 27.8 Å². The second-order valence-electron chi connectivity index (χ2n) is 8.61. The number of carbonyl (C=O) groups excluding carboxylic acids is 1. The first-order chi connectivity index (χ1) is 15.8. The van der Waals surface area contributed by atoms with E-state index in [9.17, 15) is 26.4 Å². The number of alkyl halides is 3. The molecule has 1 amide bonds. The molecule has 1 atom stereocenters. The van der Waals surface area contributed by atoms with Gasteiger partial charge in [-0.05, 0) is 56.4 Å². The number of nitrogens with one attached hydrogen (secondary N) is 2. The normalized spacial score (nSPS) is 15.6. The lowest BCUT2D eigenvalue weighted by molar-refractivity contribution is -0.141. The summed E-state index contributed by atoms with van der Waals surface area (Å²) in [4.78, 5) is 18.6. The molecule has 0 bridgehead atoms. The van der Waals surface area contributed by atoms with Crippen molar-refractivity contribution in [2.75, 3.05) is 29.0 Å². The lowest BCUT2D eigenvalue weighted by Gasteiger charge is -2.30. The fraction of sp³-hybridized carbons (Fsp3) is 0.478. The van der Waals surface area contributed by atoms with E-state index in [-0.39, 0.29) is 18.3 Å². The first-order valence-corrected chi connectivity index (χ1v) is 12.9. The summed E-state index contributed by atoms with van der Waals surface area (Å²) in [6.45, 7) is 4.75. The van der Waals surface area contributed by atoms with Crippen LogP contribution in [0, 0.1) is 6.92 Å². The van der Waals surface area contributed by atoms with Crippen LogP contribution in [0.25, 0.3) is 0 Å². The SMILES string of the molecule is Cc1cc(C(C)C(=O)NCc2ccc(C(F)(F)F)nc2N2CCCCC2)ccc1NS(C)(=O)=O.